The second-order valence-electron chi connectivity index (χ2n) is 2.98. The number of allylic oxidation sites excluding steroid dienone is 1. The summed E-state index contributed by atoms with van der Waals surface area (Å²) in [6.45, 7) is 3.66. The molecular formula is C11H12O3. The molecule has 0 bridgehead atoms. The van der Waals surface area contributed by atoms with E-state index in [2.05, 4.69) is 0 Å². The summed E-state index contributed by atoms with van der Waals surface area (Å²) in [4.78, 5) is 11.0. The van der Waals surface area contributed by atoms with Crippen molar-refractivity contribution in [1.29, 1.82) is 0 Å². The van der Waals surface area contributed by atoms with Crippen LogP contribution in [0.25, 0.3) is 6.08 Å². The predicted molar refractivity (Wildman–Crippen MR) is 53.3 cm³/mol. The zero-order valence-electron chi connectivity index (χ0n) is 8.19. The smallest absolute Gasteiger partial charge is 0.335 e. The Morgan fingerprint density at radius 3 is 2.86 bits per heavy atom. The third-order valence-corrected chi connectivity index (χ3v) is 1.37. The van der Waals surface area contributed by atoms with Crippen LogP contribution < -0.4 is 0 Å². The molecule has 0 spiro atoms. The lowest BCUT2D eigenvalue weighted by atomic mass is 10.3. The number of hydrogen-bond donors (Lipinski definition) is 0. The largest absolute Gasteiger partial charge is 0.465 e. The summed E-state index contributed by atoms with van der Waals surface area (Å²) < 4.78 is 9.77. The van der Waals surface area contributed by atoms with Crippen LogP contribution in [0, 0.1) is 0 Å². The van der Waals surface area contributed by atoms with Crippen LogP contribution >= 0.6 is 0 Å². The number of carbonyl (C=O) groups is 1. The van der Waals surface area contributed by atoms with Gasteiger partial charge in [-0.1, -0.05) is 5.57 Å². The van der Waals surface area contributed by atoms with Crippen molar-refractivity contribution in [1.82, 2.24) is 0 Å². The highest BCUT2D eigenvalue weighted by molar-refractivity contribution is 5.83. The minimum absolute atomic E-state index is 0.382. The van der Waals surface area contributed by atoms with Crippen LogP contribution in [0.15, 0.2) is 40.7 Å². The Labute approximate surface area is 82.7 Å². The second kappa shape index (κ2) is 5.07. The Balaban J connectivity index is 2.41. The molecule has 1 aromatic rings. The summed E-state index contributed by atoms with van der Waals surface area (Å²) in [5, 5.41) is 0. The van der Waals surface area contributed by atoms with Crippen molar-refractivity contribution in [2.24, 2.45) is 0 Å². The third-order valence-electron chi connectivity index (χ3n) is 1.37. The van der Waals surface area contributed by atoms with Gasteiger partial charge in [-0.05, 0) is 26.0 Å². The van der Waals surface area contributed by atoms with Gasteiger partial charge < -0.3 is 9.15 Å². The van der Waals surface area contributed by atoms with E-state index in [1.807, 2.05) is 13.8 Å². The molecule has 14 heavy (non-hydrogen) atoms. The van der Waals surface area contributed by atoms with Crippen LogP contribution in [0.3, 0.4) is 0 Å². The van der Waals surface area contributed by atoms with Crippen molar-refractivity contribution in [2.45, 2.75) is 13.8 Å². The fraction of sp³-hybridized carbons (Fsp3) is 0.182. The second-order valence-corrected chi connectivity index (χ2v) is 2.98. The van der Waals surface area contributed by atoms with E-state index in [0.717, 1.165) is 5.57 Å². The summed E-state index contributed by atoms with van der Waals surface area (Å²) >= 11 is 0. The summed E-state index contributed by atoms with van der Waals surface area (Å²) in [7, 11) is 0. The highest BCUT2D eigenvalue weighted by atomic mass is 16.5. The van der Waals surface area contributed by atoms with Crippen molar-refractivity contribution in [3.05, 3.63) is 42.1 Å². The highest BCUT2D eigenvalue weighted by Gasteiger charge is 1.94. The molecule has 0 saturated heterocycles. The maximum absolute atomic E-state index is 11.0. The fourth-order valence-electron chi connectivity index (χ4n) is 0.824. The molecular weight excluding hydrogens is 180 g/mol. The van der Waals surface area contributed by atoms with E-state index in [1.54, 1.807) is 24.5 Å². The molecule has 0 fully saturated rings. The number of carbonyl (C=O) groups excluding carboxylic acids is 1. The Morgan fingerprint density at radius 2 is 2.29 bits per heavy atom. The zero-order chi connectivity index (χ0) is 10.4. The van der Waals surface area contributed by atoms with Crippen LogP contribution in [0.4, 0.5) is 0 Å². The summed E-state index contributed by atoms with van der Waals surface area (Å²) in [5.74, 6) is 0.266. The minimum Gasteiger partial charge on any atom is -0.465 e. The molecule has 0 aliphatic heterocycles. The summed E-state index contributed by atoms with van der Waals surface area (Å²) in [5.41, 5.74) is 0.904. The fourth-order valence-corrected chi connectivity index (χ4v) is 0.824. The lowest BCUT2D eigenvalue weighted by molar-refractivity contribution is -0.132. The van der Waals surface area contributed by atoms with Gasteiger partial charge in [-0.2, -0.15) is 0 Å². The van der Waals surface area contributed by atoms with Crippen LogP contribution in [0.2, 0.25) is 0 Å². The molecule has 0 unspecified atom stereocenters. The first kappa shape index (κ1) is 10.3. The maximum Gasteiger partial charge on any atom is 0.335 e. The van der Waals surface area contributed by atoms with Gasteiger partial charge in [-0.15, -0.1) is 0 Å². The van der Waals surface area contributed by atoms with Gasteiger partial charge in [0.15, 0.2) is 0 Å². The molecule has 1 aromatic heterocycles. The van der Waals surface area contributed by atoms with Gasteiger partial charge in [-0.3, -0.25) is 0 Å². The number of furan rings is 1. The van der Waals surface area contributed by atoms with E-state index in [0.29, 0.717) is 5.76 Å². The Kier molecular flexibility index (Phi) is 3.73. The number of ether oxygens (including phenoxy) is 1. The van der Waals surface area contributed by atoms with Crippen molar-refractivity contribution in [2.75, 3.05) is 0 Å². The average molecular weight is 192 g/mol. The van der Waals surface area contributed by atoms with E-state index >= 15 is 0 Å². The lowest BCUT2D eigenvalue weighted by Crippen LogP contribution is -1.94. The van der Waals surface area contributed by atoms with Gasteiger partial charge in [0.2, 0.25) is 0 Å². The first-order valence-corrected chi connectivity index (χ1v) is 4.24. The third kappa shape index (κ3) is 3.76. The van der Waals surface area contributed by atoms with Gasteiger partial charge in [0.1, 0.15) is 5.76 Å². The molecule has 0 aromatic carbocycles. The standard InChI is InChI=1S/C11H12O3/c1-9(2)8-11(12)14-7-5-10-4-3-6-13-10/h3-8H,1-2H3/b7-5+. The van der Waals surface area contributed by atoms with Gasteiger partial charge in [0.25, 0.3) is 0 Å². The van der Waals surface area contributed by atoms with Crippen LogP contribution in [0.1, 0.15) is 19.6 Å². The quantitative estimate of drug-likeness (QED) is 0.420. The van der Waals surface area contributed by atoms with Crippen LogP contribution in [0.5, 0.6) is 0 Å². The van der Waals surface area contributed by atoms with Crippen molar-refractivity contribution >= 4 is 12.0 Å². The van der Waals surface area contributed by atoms with E-state index in [4.69, 9.17) is 9.15 Å². The van der Waals surface area contributed by atoms with Gasteiger partial charge >= 0.3 is 5.97 Å². The minimum atomic E-state index is -0.382. The average Bonchev–Trinajstić information content (AvgIpc) is 2.55. The number of hydrogen-bond acceptors (Lipinski definition) is 3. The van der Waals surface area contributed by atoms with Gasteiger partial charge in [0.05, 0.1) is 12.5 Å². The molecule has 0 N–H and O–H groups in total. The Bertz CT molecular complexity index is 341. The lowest BCUT2D eigenvalue weighted by Gasteiger charge is -1.92. The first-order valence-electron chi connectivity index (χ1n) is 4.24. The van der Waals surface area contributed by atoms with Crippen molar-refractivity contribution in [3.63, 3.8) is 0 Å². The zero-order valence-corrected chi connectivity index (χ0v) is 8.19. The molecule has 0 atom stereocenters. The van der Waals surface area contributed by atoms with E-state index in [-0.39, 0.29) is 5.97 Å². The van der Waals surface area contributed by atoms with Gasteiger partial charge in [0, 0.05) is 12.2 Å². The molecule has 0 radical (unpaired) electrons. The molecule has 74 valence electrons. The SMILES string of the molecule is CC(C)=CC(=O)O/C=C/c1ccco1. The number of esters is 1. The predicted octanol–water partition coefficient (Wildman–Crippen LogP) is 2.76. The van der Waals surface area contributed by atoms with Gasteiger partial charge in [-0.25, -0.2) is 4.79 Å². The number of rotatable bonds is 3. The summed E-state index contributed by atoms with van der Waals surface area (Å²) in [6, 6.07) is 3.53. The maximum atomic E-state index is 11.0. The molecule has 0 amide bonds. The van der Waals surface area contributed by atoms with Crippen molar-refractivity contribution in [3.8, 4) is 0 Å². The molecule has 3 nitrogen and oxygen atoms in total. The van der Waals surface area contributed by atoms with E-state index in [1.165, 1.54) is 12.3 Å². The van der Waals surface area contributed by atoms with Crippen LogP contribution in [-0.2, 0) is 9.53 Å². The molecule has 3 heteroatoms. The van der Waals surface area contributed by atoms with E-state index in [9.17, 15) is 4.79 Å². The van der Waals surface area contributed by atoms with Crippen LogP contribution in [-0.4, -0.2) is 5.97 Å². The molecule has 0 aliphatic carbocycles. The molecule has 1 heterocycles. The highest BCUT2D eigenvalue weighted by Crippen LogP contribution is 2.02. The Morgan fingerprint density at radius 1 is 1.50 bits per heavy atom. The topological polar surface area (TPSA) is 39.4 Å². The van der Waals surface area contributed by atoms with Crippen molar-refractivity contribution < 1.29 is 13.9 Å². The molecule has 1 rings (SSSR count). The molecule has 0 aliphatic rings. The van der Waals surface area contributed by atoms with E-state index < -0.39 is 0 Å². The summed E-state index contributed by atoms with van der Waals surface area (Å²) in [6.07, 6.45) is 5.86. The monoisotopic (exact) mass is 192 g/mol. The molecule has 0 saturated carbocycles. The normalized spacial score (nSPS) is 10.1. The Hall–Kier alpha value is -1.77. The first-order chi connectivity index (χ1) is 6.68.